The van der Waals surface area contributed by atoms with Gasteiger partial charge < -0.3 is 10.2 Å². The van der Waals surface area contributed by atoms with Crippen LogP contribution in [0.4, 0.5) is 10.2 Å². The van der Waals surface area contributed by atoms with Crippen LogP contribution in [0.3, 0.4) is 0 Å². The molecule has 0 fully saturated rings. The largest absolute Gasteiger partial charge is 0.366 e. The zero-order valence-electron chi connectivity index (χ0n) is 10.3. The fraction of sp³-hybridized carbons (Fsp3) is 0.636. The number of halogens is 1. The highest BCUT2D eigenvalue weighted by Gasteiger charge is 2.11. The highest BCUT2D eigenvalue weighted by atomic mass is 19.1. The van der Waals surface area contributed by atoms with Crippen molar-refractivity contribution < 1.29 is 4.39 Å². The summed E-state index contributed by atoms with van der Waals surface area (Å²) in [5, 5.41) is 3.00. The molecule has 0 spiro atoms. The molecule has 1 aromatic heterocycles. The van der Waals surface area contributed by atoms with Crippen LogP contribution in [0.25, 0.3) is 0 Å². The van der Waals surface area contributed by atoms with Crippen LogP contribution < -0.4 is 5.32 Å². The van der Waals surface area contributed by atoms with Crippen molar-refractivity contribution in [3.63, 3.8) is 0 Å². The minimum Gasteiger partial charge on any atom is -0.366 e. The van der Waals surface area contributed by atoms with Crippen molar-refractivity contribution >= 4 is 5.82 Å². The average molecular weight is 226 g/mol. The lowest BCUT2D eigenvalue weighted by Crippen LogP contribution is -2.32. The molecular weight excluding hydrogens is 207 g/mol. The van der Waals surface area contributed by atoms with E-state index < -0.39 is 0 Å². The lowest BCUT2D eigenvalue weighted by molar-refractivity contribution is 0.325. The molecule has 0 bridgehead atoms. The number of nitrogens with zero attached hydrogens (tertiary/aromatic N) is 3. The van der Waals surface area contributed by atoms with Crippen molar-refractivity contribution in [2.45, 2.75) is 26.3 Å². The molecule has 0 aliphatic heterocycles. The fourth-order valence-electron chi connectivity index (χ4n) is 1.20. The van der Waals surface area contributed by atoms with Gasteiger partial charge in [0, 0.05) is 12.6 Å². The van der Waals surface area contributed by atoms with Gasteiger partial charge in [-0.15, -0.1) is 0 Å². The first-order chi connectivity index (χ1) is 7.56. The van der Waals surface area contributed by atoms with E-state index in [2.05, 4.69) is 27.1 Å². The van der Waals surface area contributed by atoms with Crippen LogP contribution in [0.15, 0.2) is 6.33 Å². The van der Waals surface area contributed by atoms with Gasteiger partial charge in [-0.25, -0.2) is 14.4 Å². The molecule has 1 unspecified atom stereocenters. The van der Waals surface area contributed by atoms with Gasteiger partial charge in [0.25, 0.3) is 0 Å². The normalized spacial score (nSPS) is 12.9. The van der Waals surface area contributed by atoms with E-state index in [0.717, 1.165) is 0 Å². The Hall–Kier alpha value is -1.23. The quantitative estimate of drug-likeness (QED) is 0.827. The van der Waals surface area contributed by atoms with Gasteiger partial charge in [0.2, 0.25) is 0 Å². The second kappa shape index (κ2) is 5.75. The summed E-state index contributed by atoms with van der Waals surface area (Å²) in [5.41, 5.74) is 0.454. The summed E-state index contributed by atoms with van der Waals surface area (Å²) in [6, 6.07) is 0.319. The number of anilines is 1. The summed E-state index contributed by atoms with van der Waals surface area (Å²) in [6.07, 6.45) is 1.97. The van der Waals surface area contributed by atoms with Crippen molar-refractivity contribution in [1.29, 1.82) is 0 Å². The highest BCUT2D eigenvalue weighted by Crippen LogP contribution is 2.13. The molecule has 0 aromatic carbocycles. The molecule has 0 saturated carbocycles. The second-order valence-electron chi connectivity index (χ2n) is 4.03. The van der Waals surface area contributed by atoms with Crippen LogP contribution in [-0.4, -0.2) is 41.5 Å². The van der Waals surface area contributed by atoms with Crippen molar-refractivity contribution in [1.82, 2.24) is 14.9 Å². The monoisotopic (exact) mass is 226 g/mol. The van der Waals surface area contributed by atoms with Crippen molar-refractivity contribution in [3.8, 4) is 0 Å². The second-order valence-corrected chi connectivity index (χ2v) is 4.03. The van der Waals surface area contributed by atoms with Gasteiger partial charge >= 0.3 is 0 Å². The molecule has 1 aromatic rings. The smallest absolute Gasteiger partial charge is 0.186 e. The van der Waals surface area contributed by atoms with E-state index >= 15 is 0 Å². The molecule has 0 aliphatic rings. The number of rotatable bonds is 5. The first-order valence-electron chi connectivity index (χ1n) is 5.46. The third kappa shape index (κ3) is 3.13. The lowest BCUT2D eigenvalue weighted by Gasteiger charge is -2.20. The van der Waals surface area contributed by atoms with E-state index in [0.29, 0.717) is 30.5 Å². The van der Waals surface area contributed by atoms with E-state index in [1.165, 1.54) is 6.33 Å². The maximum absolute atomic E-state index is 13.7. The summed E-state index contributed by atoms with van der Waals surface area (Å²) in [7, 11) is 3.97. The molecule has 0 radical (unpaired) electrons. The van der Waals surface area contributed by atoms with Gasteiger partial charge in [0.05, 0.1) is 5.69 Å². The minimum atomic E-state index is -0.337. The molecule has 1 rings (SSSR count). The average Bonchev–Trinajstić information content (AvgIpc) is 2.27. The molecule has 1 heterocycles. The van der Waals surface area contributed by atoms with Crippen LogP contribution >= 0.6 is 0 Å². The Bertz CT molecular complexity index is 341. The Morgan fingerprint density at radius 1 is 1.44 bits per heavy atom. The Morgan fingerprint density at radius 2 is 2.12 bits per heavy atom. The third-order valence-corrected chi connectivity index (χ3v) is 2.64. The topological polar surface area (TPSA) is 41.1 Å². The van der Waals surface area contributed by atoms with E-state index in [1.807, 2.05) is 21.0 Å². The Morgan fingerprint density at radius 3 is 2.69 bits per heavy atom. The maximum atomic E-state index is 13.7. The summed E-state index contributed by atoms with van der Waals surface area (Å²) >= 11 is 0. The molecule has 1 atom stereocenters. The summed E-state index contributed by atoms with van der Waals surface area (Å²) in [5.74, 6) is -0.0449. The number of nitrogens with one attached hydrogen (secondary N) is 1. The summed E-state index contributed by atoms with van der Waals surface area (Å²) in [6.45, 7) is 4.59. The maximum Gasteiger partial charge on any atom is 0.186 e. The lowest BCUT2D eigenvalue weighted by atomic mass is 10.3. The number of likely N-dealkylation sites (N-methyl/N-ethyl adjacent to an activating group) is 1. The zero-order chi connectivity index (χ0) is 12.1. The van der Waals surface area contributed by atoms with Crippen LogP contribution in [0.2, 0.25) is 0 Å². The molecule has 90 valence electrons. The van der Waals surface area contributed by atoms with Gasteiger partial charge in [-0.05, 0) is 27.4 Å². The zero-order valence-corrected chi connectivity index (χ0v) is 10.3. The number of hydrogen-bond acceptors (Lipinski definition) is 4. The summed E-state index contributed by atoms with van der Waals surface area (Å²) < 4.78 is 13.7. The number of aryl methyl sites for hydroxylation is 1. The Kier molecular flexibility index (Phi) is 4.61. The van der Waals surface area contributed by atoms with E-state index in [4.69, 9.17) is 0 Å². The fourth-order valence-corrected chi connectivity index (χ4v) is 1.20. The number of hydrogen-bond donors (Lipinski definition) is 1. The molecule has 5 heteroatoms. The van der Waals surface area contributed by atoms with Crippen LogP contribution in [0.1, 0.15) is 19.5 Å². The van der Waals surface area contributed by atoms with Gasteiger partial charge in [0.15, 0.2) is 11.6 Å². The molecule has 4 nitrogen and oxygen atoms in total. The van der Waals surface area contributed by atoms with E-state index in [9.17, 15) is 4.39 Å². The van der Waals surface area contributed by atoms with Crippen LogP contribution in [-0.2, 0) is 6.42 Å². The standard InChI is InChI=1S/C11H19FN4/c1-5-9-10(12)11(15-7-14-9)13-6-8(2)16(3)4/h7-8H,5-6H2,1-4H3,(H,13,14,15). The molecule has 16 heavy (non-hydrogen) atoms. The van der Waals surface area contributed by atoms with Gasteiger partial charge in [-0.2, -0.15) is 0 Å². The van der Waals surface area contributed by atoms with Gasteiger partial charge in [0.1, 0.15) is 6.33 Å². The van der Waals surface area contributed by atoms with Crippen LogP contribution in [0.5, 0.6) is 0 Å². The molecule has 1 N–H and O–H groups in total. The van der Waals surface area contributed by atoms with E-state index in [-0.39, 0.29) is 5.82 Å². The summed E-state index contributed by atoms with van der Waals surface area (Å²) in [4.78, 5) is 9.85. The Balaban J connectivity index is 2.67. The Labute approximate surface area is 95.9 Å². The first kappa shape index (κ1) is 12.8. The number of aromatic nitrogens is 2. The van der Waals surface area contributed by atoms with Gasteiger partial charge in [-0.1, -0.05) is 6.92 Å². The first-order valence-corrected chi connectivity index (χ1v) is 5.46. The highest BCUT2D eigenvalue weighted by molar-refractivity contribution is 5.37. The molecule has 0 aliphatic carbocycles. The third-order valence-electron chi connectivity index (χ3n) is 2.64. The minimum absolute atomic E-state index is 0.292. The predicted molar refractivity (Wildman–Crippen MR) is 63.0 cm³/mol. The molecule has 0 amide bonds. The van der Waals surface area contributed by atoms with Crippen molar-refractivity contribution in [2.24, 2.45) is 0 Å². The van der Waals surface area contributed by atoms with Gasteiger partial charge in [-0.3, -0.25) is 0 Å². The van der Waals surface area contributed by atoms with Crippen molar-refractivity contribution in [2.75, 3.05) is 26.0 Å². The SMILES string of the molecule is CCc1ncnc(NCC(C)N(C)C)c1F. The van der Waals surface area contributed by atoms with Crippen LogP contribution in [0, 0.1) is 5.82 Å². The van der Waals surface area contributed by atoms with Crippen molar-refractivity contribution in [3.05, 3.63) is 17.8 Å². The molecular formula is C11H19FN4. The predicted octanol–water partition coefficient (Wildman–Crippen LogP) is 1.54. The van der Waals surface area contributed by atoms with E-state index in [1.54, 1.807) is 0 Å². The molecule has 0 saturated heterocycles.